The van der Waals surface area contributed by atoms with Crippen molar-refractivity contribution in [1.82, 2.24) is 0 Å². The lowest BCUT2D eigenvalue weighted by Crippen LogP contribution is -2.03. The molecule has 0 aliphatic rings. The Labute approximate surface area is 219 Å². The Bertz CT molecular complexity index is 1310. The first-order chi connectivity index (χ1) is 17.9. The van der Waals surface area contributed by atoms with Gasteiger partial charge in [0.1, 0.15) is 24.7 Å². The molecule has 0 amide bonds. The molecular weight excluding hydrogens is 538 g/mol. The van der Waals surface area contributed by atoms with Gasteiger partial charge >= 0.3 is 15.6 Å². The van der Waals surface area contributed by atoms with Crippen LogP contribution in [0.5, 0.6) is 23.0 Å². The third-order valence-corrected chi connectivity index (χ3v) is 5.11. The van der Waals surface area contributed by atoms with E-state index in [-0.39, 0.29) is 35.2 Å². The quantitative estimate of drug-likeness (QED) is 0.137. The molecule has 11 nitrogen and oxygen atoms in total. The third-order valence-electron chi connectivity index (χ3n) is 4.23. The first-order valence-electron chi connectivity index (χ1n) is 10.7. The van der Waals surface area contributed by atoms with Crippen LogP contribution in [-0.4, -0.2) is 38.6 Å². The summed E-state index contributed by atoms with van der Waals surface area (Å²) >= 11 is 0. The molecule has 0 atom stereocenters. The minimum atomic E-state index is -4.79. The summed E-state index contributed by atoms with van der Waals surface area (Å²) in [5.41, 5.74) is 0.681. The van der Waals surface area contributed by atoms with E-state index >= 15 is 0 Å². The van der Waals surface area contributed by atoms with Gasteiger partial charge in [-0.3, -0.25) is 24.4 Å². The molecule has 202 valence electrons. The molecule has 0 bridgehead atoms. The predicted molar refractivity (Wildman–Crippen MR) is 139 cm³/mol. The minimum absolute atomic E-state index is 0.0919. The summed E-state index contributed by atoms with van der Waals surface area (Å²) in [4.78, 5) is 47.4. The van der Waals surface area contributed by atoms with Crippen LogP contribution in [0, 0.1) is 0 Å². The van der Waals surface area contributed by atoms with E-state index < -0.39 is 15.6 Å². The summed E-state index contributed by atoms with van der Waals surface area (Å²) < 4.78 is 41.0. The molecule has 3 aromatic carbocycles. The molecule has 0 aromatic heterocycles. The smallest absolute Gasteiger partial charge is 0.490 e. The zero-order chi connectivity index (χ0) is 28.2. The van der Waals surface area contributed by atoms with Crippen LogP contribution in [-0.2, 0) is 9.13 Å². The summed E-state index contributed by atoms with van der Waals surface area (Å²) in [5, 5.41) is 0. The number of carbonyl (C=O) groups excluding carboxylic acids is 1. The molecule has 3 aromatic rings. The van der Waals surface area contributed by atoms with Crippen LogP contribution in [0.25, 0.3) is 0 Å². The fraction of sp³-hybridized carbons (Fsp3) is 0.0800. The number of hydrogen-bond acceptors (Lipinski definition) is 7. The molecule has 13 heteroatoms. The van der Waals surface area contributed by atoms with Crippen molar-refractivity contribution in [2.45, 2.75) is 0 Å². The van der Waals surface area contributed by atoms with Gasteiger partial charge in [0, 0.05) is 11.1 Å². The second kappa shape index (κ2) is 14.3. The largest absolute Gasteiger partial charge is 0.524 e. The molecule has 3 rings (SSSR count). The topological polar surface area (TPSA) is 169 Å². The lowest BCUT2D eigenvalue weighted by atomic mass is 10.0. The van der Waals surface area contributed by atoms with Crippen LogP contribution >= 0.6 is 15.6 Å². The van der Waals surface area contributed by atoms with E-state index in [0.717, 1.165) is 0 Å². The molecule has 0 radical (unpaired) electrons. The summed E-state index contributed by atoms with van der Waals surface area (Å²) in [6, 6.07) is 18.6. The number of benzene rings is 3. The van der Waals surface area contributed by atoms with Gasteiger partial charge in [0.15, 0.2) is 17.3 Å². The Kier molecular flexibility index (Phi) is 11.5. The SMILES string of the molecule is C=CCOc1ccc(C(=O)c2ccccc2)cc1OP(=O)(O)O.C=CCOc1ccc(OP(=O)(O)O)cc1. The van der Waals surface area contributed by atoms with E-state index in [0.29, 0.717) is 17.9 Å². The van der Waals surface area contributed by atoms with Gasteiger partial charge in [0.2, 0.25) is 0 Å². The van der Waals surface area contributed by atoms with E-state index in [1.807, 2.05) is 0 Å². The van der Waals surface area contributed by atoms with Crippen molar-refractivity contribution >= 4 is 21.4 Å². The lowest BCUT2D eigenvalue weighted by Gasteiger charge is -2.13. The Hall–Kier alpha value is -3.69. The molecule has 0 fully saturated rings. The maximum atomic E-state index is 12.4. The maximum absolute atomic E-state index is 12.4. The summed E-state index contributed by atoms with van der Waals surface area (Å²) in [5.74, 6) is 0.276. The number of phosphoric acid groups is 2. The predicted octanol–water partition coefficient (Wildman–Crippen LogP) is 4.68. The summed E-state index contributed by atoms with van der Waals surface area (Å²) in [6.07, 6.45) is 3.07. The Morgan fingerprint density at radius 3 is 1.79 bits per heavy atom. The number of ether oxygens (including phenoxy) is 2. The van der Waals surface area contributed by atoms with E-state index in [2.05, 4.69) is 22.2 Å². The van der Waals surface area contributed by atoms with Crippen LogP contribution < -0.4 is 18.5 Å². The number of ketones is 1. The van der Waals surface area contributed by atoms with E-state index in [1.165, 1.54) is 36.4 Å². The van der Waals surface area contributed by atoms with Crippen molar-refractivity contribution in [3.05, 3.63) is 109 Å². The van der Waals surface area contributed by atoms with Crippen molar-refractivity contribution in [2.75, 3.05) is 13.2 Å². The van der Waals surface area contributed by atoms with Crippen LogP contribution in [0.4, 0.5) is 0 Å². The summed E-state index contributed by atoms with van der Waals surface area (Å²) in [7, 11) is -9.27. The first kappa shape index (κ1) is 30.5. The van der Waals surface area contributed by atoms with Gasteiger partial charge in [0.25, 0.3) is 0 Å². The standard InChI is InChI=1S/C16H15O6P.C9H11O5P/c1-2-10-21-14-9-8-13(11-15(14)22-23(18,19)20)16(17)12-6-4-3-5-7-12;1-2-7-13-8-3-5-9(6-4-8)14-15(10,11)12/h2-9,11H,1,10H2,(H2,18,19,20);2-6H,1,7H2,(H2,10,11,12). The van der Waals surface area contributed by atoms with Crippen molar-refractivity contribution in [3.63, 3.8) is 0 Å². The number of phosphoric ester groups is 2. The number of carbonyl (C=O) groups is 1. The number of rotatable bonds is 12. The minimum Gasteiger partial charge on any atom is -0.490 e. The third kappa shape index (κ3) is 11.1. The second-order valence-electron chi connectivity index (χ2n) is 7.19. The zero-order valence-corrected chi connectivity index (χ0v) is 21.7. The van der Waals surface area contributed by atoms with E-state index in [1.54, 1.807) is 48.5 Å². The van der Waals surface area contributed by atoms with Gasteiger partial charge in [0.05, 0.1) is 0 Å². The summed E-state index contributed by atoms with van der Waals surface area (Å²) in [6.45, 7) is 7.48. The van der Waals surface area contributed by atoms with Crippen LogP contribution in [0.2, 0.25) is 0 Å². The highest BCUT2D eigenvalue weighted by atomic mass is 31.2. The van der Waals surface area contributed by atoms with Crippen molar-refractivity contribution in [1.29, 1.82) is 0 Å². The Morgan fingerprint density at radius 2 is 1.24 bits per heavy atom. The lowest BCUT2D eigenvalue weighted by molar-refractivity contribution is 0.103. The van der Waals surface area contributed by atoms with Gasteiger partial charge in [-0.15, -0.1) is 0 Å². The van der Waals surface area contributed by atoms with Gasteiger partial charge in [-0.2, -0.15) is 0 Å². The second-order valence-corrected chi connectivity index (χ2v) is 9.52. The molecule has 0 aliphatic heterocycles. The molecule has 0 unspecified atom stereocenters. The van der Waals surface area contributed by atoms with Gasteiger partial charge < -0.3 is 18.5 Å². The molecular formula is C25H26O11P2. The van der Waals surface area contributed by atoms with Crippen LogP contribution in [0.15, 0.2) is 98.1 Å². The highest BCUT2D eigenvalue weighted by Crippen LogP contribution is 2.42. The van der Waals surface area contributed by atoms with Gasteiger partial charge in [-0.1, -0.05) is 55.6 Å². The van der Waals surface area contributed by atoms with Gasteiger partial charge in [-0.05, 0) is 42.5 Å². The highest BCUT2D eigenvalue weighted by molar-refractivity contribution is 7.47. The number of hydrogen-bond donors (Lipinski definition) is 4. The molecule has 38 heavy (non-hydrogen) atoms. The van der Waals surface area contributed by atoms with Crippen molar-refractivity contribution in [3.8, 4) is 23.0 Å². The normalized spacial score (nSPS) is 10.8. The average Bonchev–Trinajstić information content (AvgIpc) is 2.86. The molecule has 0 heterocycles. The van der Waals surface area contributed by atoms with Crippen molar-refractivity contribution < 1.29 is 52.0 Å². The Balaban J connectivity index is 0.000000293. The highest BCUT2D eigenvalue weighted by Gasteiger charge is 2.21. The molecule has 0 saturated carbocycles. The van der Waals surface area contributed by atoms with Crippen LogP contribution in [0.1, 0.15) is 15.9 Å². The maximum Gasteiger partial charge on any atom is 0.524 e. The fourth-order valence-corrected chi connectivity index (χ4v) is 3.56. The molecule has 0 saturated heterocycles. The molecule has 4 N–H and O–H groups in total. The Morgan fingerprint density at radius 1 is 0.684 bits per heavy atom. The van der Waals surface area contributed by atoms with E-state index in [4.69, 9.17) is 29.0 Å². The first-order valence-corrected chi connectivity index (χ1v) is 13.8. The fourth-order valence-electron chi connectivity index (χ4n) is 2.76. The molecule has 0 aliphatic carbocycles. The zero-order valence-electron chi connectivity index (χ0n) is 20.0. The monoisotopic (exact) mass is 564 g/mol. The van der Waals surface area contributed by atoms with Crippen molar-refractivity contribution in [2.24, 2.45) is 0 Å². The average molecular weight is 564 g/mol. The van der Waals surface area contributed by atoms with Crippen LogP contribution in [0.3, 0.4) is 0 Å². The van der Waals surface area contributed by atoms with Gasteiger partial charge in [-0.25, -0.2) is 9.13 Å². The van der Waals surface area contributed by atoms with E-state index in [9.17, 15) is 13.9 Å². The molecule has 0 spiro atoms.